The highest BCUT2D eigenvalue weighted by Crippen LogP contribution is 2.27. The van der Waals surface area contributed by atoms with Gasteiger partial charge in [0.2, 0.25) is 0 Å². The number of hydrogen-bond donors (Lipinski definition) is 1. The van der Waals surface area contributed by atoms with Crippen molar-refractivity contribution in [2.45, 2.75) is 13.1 Å². The molecule has 3 rings (SSSR count). The number of rotatable bonds is 7. The molecule has 0 radical (unpaired) electrons. The van der Waals surface area contributed by atoms with Crippen LogP contribution in [0.15, 0.2) is 42.9 Å². The molecule has 0 fully saturated rings. The summed E-state index contributed by atoms with van der Waals surface area (Å²) in [4.78, 5) is 14.2. The first-order chi connectivity index (χ1) is 13.1. The van der Waals surface area contributed by atoms with Gasteiger partial charge in [0, 0.05) is 33.3 Å². The molecule has 0 saturated heterocycles. The molecule has 1 aromatic carbocycles. The number of amides is 2. The number of aryl methyl sites for hydroxylation is 1. The molecule has 0 saturated carbocycles. The van der Waals surface area contributed by atoms with Crippen LogP contribution in [0.3, 0.4) is 0 Å². The molecule has 0 aliphatic heterocycles. The van der Waals surface area contributed by atoms with Crippen molar-refractivity contribution in [2.75, 3.05) is 26.1 Å². The average Bonchev–Trinajstić information content (AvgIpc) is 3.27. The minimum atomic E-state index is -0.253. The van der Waals surface area contributed by atoms with E-state index >= 15 is 0 Å². The van der Waals surface area contributed by atoms with Gasteiger partial charge in [-0.25, -0.2) is 4.79 Å². The molecule has 3 aromatic rings. The monoisotopic (exact) mass is 369 g/mol. The molecular formula is C18H23N7O2. The summed E-state index contributed by atoms with van der Waals surface area (Å²) < 4.78 is 8.60. The Labute approximate surface area is 157 Å². The molecule has 0 atom stereocenters. The second-order valence-electron chi connectivity index (χ2n) is 6.12. The van der Waals surface area contributed by atoms with Gasteiger partial charge in [0.25, 0.3) is 0 Å². The Kier molecular flexibility index (Phi) is 5.82. The second-order valence-corrected chi connectivity index (χ2v) is 6.12. The van der Waals surface area contributed by atoms with Crippen LogP contribution >= 0.6 is 0 Å². The number of hydrogen-bond acceptors (Lipinski definition) is 5. The van der Waals surface area contributed by atoms with Gasteiger partial charge >= 0.3 is 6.03 Å². The van der Waals surface area contributed by atoms with E-state index in [0.29, 0.717) is 31.3 Å². The van der Waals surface area contributed by atoms with Crippen molar-refractivity contribution in [1.29, 1.82) is 0 Å². The Hall–Kier alpha value is -3.20. The number of benzene rings is 1. The highest BCUT2D eigenvalue weighted by Gasteiger charge is 2.17. The summed E-state index contributed by atoms with van der Waals surface area (Å²) >= 11 is 0. The van der Waals surface area contributed by atoms with Crippen molar-refractivity contribution >= 4 is 11.8 Å². The first-order valence-electron chi connectivity index (χ1n) is 8.55. The summed E-state index contributed by atoms with van der Waals surface area (Å²) in [5, 5.41) is 15.2. The van der Waals surface area contributed by atoms with E-state index in [4.69, 9.17) is 4.74 Å². The van der Waals surface area contributed by atoms with Gasteiger partial charge in [0.1, 0.15) is 12.1 Å². The highest BCUT2D eigenvalue weighted by molar-refractivity contribution is 5.92. The van der Waals surface area contributed by atoms with Gasteiger partial charge in [-0.15, -0.1) is 10.2 Å². The number of carbonyl (C=O) groups is 1. The molecule has 0 aliphatic rings. The first-order valence-corrected chi connectivity index (χ1v) is 8.55. The Bertz CT molecular complexity index is 888. The number of carbonyl (C=O) groups excluding carboxylic acids is 1. The molecular weight excluding hydrogens is 346 g/mol. The second kappa shape index (κ2) is 8.45. The quantitative estimate of drug-likeness (QED) is 0.688. The number of nitrogens with one attached hydrogen (secondary N) is 1. The Morgan fingerprint density at radius 3 is 2.81 bits per heavy atom. The van der Waals surface area contributed by atoms with E-state index in [2.05, 4.69) is 20.6 Å². The molecule has 1 N–H and O–H groups in total. The van der Waals surface area contributed by atoms with E-state index in [1.165, 1.54) is 0 Å². The lowest BCUT2D eigenvalue weighted by atomic mass is 10.1. The van der Waals surface area contributed by atoms with Gasteiger partial charge in [-0.1, -0.05) is 30.3 Å². The lowest BCUT2D eigenvalue weighted by Crippen LogP contribution is -2.32. The number of anilines is 1. The van der Waals surface area contributed by atoms with Crippen molar-refractivity contribution < 1.29 is 9.53 Å². The summed E-state index contributed by atoms with van der Waals surface area (Å²) in [6, 6.07) is 9.56. The fourth-order valence-electron chi connectivity index (χ4n) is 2.67. The number of methoxy groups -OCH3 is 1. The molecule has 0 bridgehead atoms. The molecule has 2 heterocycles. The highest BCUT2D eigenvalue weighted by atomic mass is 16.5. The Morgan fingerprint density at radius 2 is 2.07 bits per heavy atom. The predicted octanol–water partition coefficient (Wildman–Crippen LogP) is 1.99. The van der Waals surface area contributed by atoms with Crippen molar-refractivity contribution in [3.8, 4) is 11.1 Å². The van der Waals surface area contributed by atoms with Crippen LogP contribution in [-0.2, 0) is 24.9 Å². The van der Waals surface area contributed by atoms with E-state index in [1.807, 2.05) is 34.9 Å². The van der Waals surface area contributed by atoms with E-state index in [9.17, 15) is 4.79 Å². The molecule has 2 aromatic heterocycles. The van der Waals surface area contributed by atoms with Crippen molar-refractivity contribution in [1.82, 2.24) is 29.4 Å². The maximum Gasteiger partial charge on any atom is 0.323 e. The number of urea groups is 1. The van der Waals surface area contributed by atoms with Gasteiger partial charge in [0.05, 0.1) is 19.3 Å². The first kappa shape index (κ1) is 18.6. The zero-order chi connectivity index (χ0) is 19.2. The van der Waals surface area contributed by atoms with E-state index in [0.717, 1.165) is 11.1 Å². The smallest absolute Gasteiger partial charge is 0.323 e. The third-order valence-electron chi connectivity index (χ3n) is 4.21. The van der Waals surface area contributed by atoms with Gasteiger partial charge in [-0.3, -0.25) is 10.00 Å². The van der Waals surface area contributed by atoms with Crippen LogP contribution in [-0.4, -0.2) is 56.2 Å². The average molecular weight is 369 g/mol. The zero-order valence-corrected chi connectivity index (χ0v) is 15.7. The SMILES string of the molecule is COCCn1cnnc1CN(C)C(=O)Nc1c(-c2ccccc2)cnn1C. The summed E-state index contributed by atoms with van der Waals surface area (Å²) in [5.74, 6) is 1.33. The van der Waals surface area contributed by atoms with E-state index in [1.54, 1.807) is 43.3 Å². The van der Waals surface area contributed by atoms with Crippen LogP contribution in [0, 0.1) is 0 Å². The van der Waals surface area contributed by atoms with Crippen LogP contribution in [0.5, 0.6) is 0 Å². The van der Waals surface area contributed by atoms with Gasteiger partial charge in [0.15, 0.2) is 5.82 Å². The summed E-state index contributed by atoms with van der Waals surface area (Å²) in [6.45, 7) is 1.51. The fourth-order valence-corrected chi connectivity index (χ4v) is 2.67. The minimum Gasteiger partial charge on any atom is -0.383 e. The summed E-state index contributed by atoms with van der Waals surface area (Å²) in [7, 11) is 5.15. The van der Waals surface area contributed by atoms with Crippen molar-refractivity contribution in [3.05, 3.63) is 48.7 Å². The zero-order valence-electron chi connectivity index (χ0n) is 15.7. The largest absolute Gasteiger partial charge is 0.383 e. The van der Waals surface area contributed by atoms with Crippen LogP contribution in [0.4, 0.5) is 10.6 Å². The standard InChI is InChI=1S/C18H23N7O2/c1-23(12-16-22-19-13-25(16)9-10-27-3)18(26)21-17-15(11-20-24(17)2)14-7-5-4-6-8-14/h4-8,11,13H,9-10,12H2,1-3H3,(H,21,26). The summed E-state index contributed by atoms with van der Waals surface area (Å²) in [6.07, 6.45) is 3.38. The third kappa shape index (κ3) is 4.32. The van der Waals surface area contributed by atoms with Crippen LogP contribution < -0.4 is 5.32 Å². The molecule has 9 nitrogen and oxygen atoms in total. The molecule has 0 aliphatic carbocycles. The van der Waals surface area contributed by atoms with Crippen LogP contribution in [0.1, 0.15) is 5.82 Å². The number of aromatic nitrogens is 5. The predicted molar refractivity (Wildman–Crippen MR) is 101 cm³/mol. The molecule has 0 unspecified atom stereocenters. The fraction of sp³-hybridized carbons (Fsp3) is 0.333. The van der Waals surface area contributed by atoms with Crippen molar-refractivity contribution in [3.63, 3.8) is 0 Å². The normalized spacial score (nSPS) is 10.8. The topological polar surface area (TPSA) is 90.1 Å². The number of nitrogens with zero attached hydrogens (tertiary/aromatic N) is 6. The molecule has 9 heteroatoms. The minimum absolute atomic E-state index is 0.253. The lowest BCUT2D eigenvalue weighted by Gasteiger charge is -2.18. The summed E-state index contributed by atoms with van der Waals surface area (Å²) in [5.41, 5.74) is 1.85. The van der Waals surface area contributed by atoms with E-state index in [-0.39, 0.29) is 6.03 Å². The molecule has 27 heavy (non-hydrogen) atoms. The Morgan fingerprint density at radius 1 is 1.30 bits per heavy atom. The maximum atomic E-state index is 12.7. The molecule has 2 amide bonds. The molecule has 142 valence electrons. The number of ether oxygens (including phenoxy) is 1. The van der Waals surface area contributed by atoms with Crippen molar-refractivity contribution in [2.24, 2.45) is 7.05 Å². The maximum absolute atomic E-state index is 12.7. The lowest BCUT2D eigenvalue weighted by molar-refractivity contribution is 0.184. The van der Waals surface area contributed by atoms with Crippen LogP contribution in [0.25, 0.3) is 11.1 Å². The van der Waals surface area contributed by atoms with Gasteiger partial charge < -0.3 is 14.2 Å². The van der Waals surface area contributed by atoms with Crippen LogP contribution in [0.2, 0.25) is 0 Å². The Balaban J connectivity index is 1.71. The van der Waals surface area contributed by atoms with Gasteiger partial charge in [-0.05, 0) is 5.56 Å². The van der Waals surface area contributed by atoms with E-state index < -0.39 is 0 Å². The third-order valence-corrected chi connectivity index (χ3v) is 4.21. The molecule has 0 spiro atoms. The van der Waals surface area contributed by atoms with Gasteiger partial charge in [-0.2, -0.15) is 5.10 Å².